The molecule has 8 heteroatoms. The minimum atomic E-state index is -0.793. The fraction of sp³-hybridized carbons (Fsp3) is 0.211. The van der Waals surface area contributed by atoms with E-state index in [1.54, 1.807) is 30.3 Å². The highest BCUT2D eigenvalue weighted by atomic mass is 35.5. The van der Waals surface area contributed by atoms with Gasteiger partial charge in [0.1, 0.15) is 5.82 Å². The zero-order valence-electron chi connectivity index (χ0n) is 14.4. The van der Waals surface area contributed by atoms with Crippen LogP contribution in [0.1, 0.15) is 12.0 Å². The molecule has 0 unspecified atom stereocenters. The molecule has 27 heavy (non-hydrogen) atoms. The number of amides is 2. The van der Waals surface area contributed by atoms with Gasteiger partial charge in [0.25, 0.3) is 5.91 Å². The third kappa shape index (κ3) is 6.07. The third-order valence-electron chi connectivity index (χ3n) is 3.69. The van der Waals surface area contributed by atoms with Crippen LogP contribution < -0.4 is 10.6 Å². The van der Waals surface area contributed by atoms with E-state index in [0.29, 0.717) is 5.69 Å². The lowest BCUT2D eigenvalue weighted by Crippen LogP contribution is -2.37. The number of hydrogen-bond donors (Lipinski definition) is 1. The van der Waals surface area contributed by atoms with E-state index in [0.717, 1.165) is 0 Å². The van der Waals surface area contributed by atoms with Crippen LogP contribution in [0.25, 0.3) is 0 Å². The molecular formula is C19H18ClFN2O4. The van der Waals surface area contributed by atoms with E-state index in [1.807, 2.05) is 0 Å². The Morgan fingerprint density at radius 3 is 2.41 bits per heavy atom. The number of nitrogens with zero attached hydrogens (tertiary/aromatic N) is 1. The van der Waals surface area contributed by atoms with Crippen molar-refractivity contribution < 1.29 is 23.5 Å². The van der Waals surface area contributed by atoms with E-state index in [9.17, 15) is 18.8 Å². The van der Waals surface area contributed by atoms with Gasteiger partial charge in [-0.05, 0) is 24.3 Å². The molecule has 0 aliphatic heterocycles. The number of halogens is 2. The summed E-state index contributed by atoms with van der Waals surface area (Å²) in [5.41, 5.74) is 5.69. The number of carbonyl (C=O) groups excluding carboxylic acids is 3. The molecule has 0 saturated carbocycles. The number of para-hydroxylation sites is 1. The number of hydrogen-bond acceptors (Lipinski definition) is 4. The van der Waals surface area contributed by atoms with Crippen LogP contribution in [0.15, 0.2) is 48.5 Å². The summed E-state index contributed by atoms with van der Waals surface area (Å²) < 4.78 is 18.7. The van der Waals surface area contributed by atoms with Gasteiger partial charge in [-0.25, -0.2) is 4.39 Å². The van der Waals surface area contributed by atoms with Gasteiger partial charge < -0.3 is 15.4 Å². The molecule has 2 amide bonds. The molecule has 0 bridgehead atoms. The van der Waals surface area contributed by atoms with E-state index in [4.69, 9.17) is 22.1 Å². The number of esters is 1. The lowest BCUT2D eigenvalue weighted by Gasteiger charge is -2.22. The number of carbonyl (C=O) groups is 3. The highest BCUT2D eigenvalue weighted by Gasteiger charge is 2.19. The standard InChI is InChI=1S/C19H18ClFN2O4/c20-15-7-4-8-16(21)14(15)11-19(26)27-12-18(25)23(10-9-17(22)24)13-5-2-1-3-6-13/h1-8H,9-12H2,(H2,22,24). The molecule has 0 saturated heterocycles. The van der Waals surface area contributed by atoms with Gasteiger partial charge in [0, 0.05) is 29.2 Å². The Bertz CT molecular complexity index is 809. The number of rotatable bonds is 8. The van der Waals surface area contributed by atoms with Crippen LogP contribution in [0.2, 0.25) is 5.02 Å². The van der Waals surface area contributed by atoms with Crippen molar-refractivity contribution in [3.05, 3.63) is 64.9 Å². The summed E-state index contributed by atoms with van der Waals surface area (Å²) in [5, 5.41) is 0.102. The molecule has 0 atom stereocenters. The largest absolute Gasteiger partial charge is 0.455 e. The Morgan fingerprint density at radius 1 is 1.07 bits per heavy atom. The molecule has 2 N–H and O–H groups in total. The number of nitrogens with two attached hydrogens (primary N) is 1. The minimum absolute atomic E-state index is 0.00487. The van der Waals surface area contributed by atoms with E-state index in [-0.39, 0.29) is 23.6 Å². The first-order chi connectivity index (χ1) is 12.9. The molecule has 2 aromatic carbocycles. The van der Waals surface area contributed by atoms with Gasteiger partial charge in [-0.3, -0.25) is 14.4 Å². The average molecular weight is 393 g/mol. The number of primary amides is 1. The predicted molar refractivity (Wildman–Crippen MR) is 98.7 cm³/mol. The maximum atomic E-state index is 13.7. The average Bonchev–Trinajstić information content (AvgIpc) is 2.64. The molecule has 0 radical (unpaired) electrons. The summed E-state index contributed by atoms with van der Waals surface area (Å²) in [6.45, 7) is -0.507. The van der Waals surface area contributed by atoms with Crippen LogP contribution in [-0.4, -0.2) is 30.9 Å². The topological polar surface area (TPSA) is 89.7 Å². The van der Waals surface area contributed by atoms with Crippen LogP contribution in [0.4, 0.5) is 10.1 Å². The van der Waals surface area contributed by atoms with Crippen molar-refractivity contribution in [2.24, 2.45) is 5.73 Å². The highest BCUT2D eigenvalue weighted by molar-refractivity contribution is 6.31. The quantitative estimate of drug-likeness (QED) is 0.699. The van der Waals surface area contributed by atoms with Crippen LogP contribution in [-0.2, 0) is 25.5 Å². The Labute approximate surface area is 160 Å². The van der Waals surface area contributed by atoms with Gasteiger partial charge in [-0.15, -0.1) is 0 Å². The maximum Gasteiger partial charge on any atom is 0.310 e. The van der Waals surface area contributed by atoms with Crippen LogP contribution in [0.5, 0.6) is 0 Å². The van der Waals surface area contributed by atoms with E-state index in [2.05, 4.69) is 0 Å². The van der Waals surface area contributed by atoms with Gasteiger partial charge >= 0.3 is 5.97 Å². The van der Waals surface area contributed by atoms with Gasteiger partial charge in [0.2, 0.25) is 5.91 Å². The highest BCUT2D eigenvalue weighted by Crippen LogP contribution is 2.20. The minimum Gasteiger partial charge on any atom is -0.455 e. The first kappa shape index (κ1) is 20.4. The monoisotopic (exact) mass is 392 g/mol. The first-order valence-electron chi connectivity index (χ1n) is 8.10. The maximum absolute atomic E-state index is 13.7. The molecule has 0 aliphatic carbocycles. The van der Waals surface area contributed by atoms with Crippen molar-refractivity contribution in [1.29, 1.82) is 0 Å². The Hall–Kier alpha value is -2.93. The van der Waals surface area contributed by atoms with Gasteiger partial charge in [0.15, 0.2) is 6.61 Å². The molecule has 142 valence electrons. The fourth-order valence-electron chi connectivity index (χ4n) is 2.34. The fourth-order valence-corrected chi connectivity index (χ4v) is 2.57. The van der Waals surface area contributed by atoms with Crippen LogP contribution >= 0.6 is 11.6 Å². The molecule has 0 fully saturated rings. The second-order valence-corrected chi connectivity index (χ2v) is 6.04. The summed E-state index contributed by atoms with van der Waals surface area (Å²) in [6, 6.07) is 12.7. The Morgan fingerprint density at radius 2 is 1.78 bits per heavy atom. The predicted octanol–water partition coefficient (Wildman–Crippen LogP) is 2.47. The van der Waals surface area contributed by atoms with Crippen molar-refractivity contribution in [1.82, 2.24) is 0 Å². The number of anilines is 1. The van der Waals surface area contributed by atoms with Gasteiger partial charge in [-0.1, -0.05) is 35.9 Å². The van der Waals surface area contributed by atoms with Crippen LogP contribution in [0, 0.1) is 5.82 Å². The number of benzene rings is 2. The summed E-state index contributed by atoms with van der Waals surface area (Å²) in [4.78, 5) is 36.7. The zero-order valence-corrected chi connectivity index (χ0v) is 15.1. The van der Waals surface area contributed by atoms with Crippen molar-refractivity contribution >= 4 is 35.1 Å². The summed E-state index contributed by atoms with van der Waals surface area (Å²) >= 11 is 5.87. The van der Waals surface area contributed by atoms with Crippen molar-refractivity contribution in [2.75, 3.05) is 18.1 Å². The lowest BCUT2D eigenvalue weighted by atomic mass is 10.1. The lowest BCUT2D eigenvalue weighted by molar-refractivity contribution is -0.147. The Balaban J connectivity index is 2.00. The molecule has 0 spiro atoms. The smallest absolute Gasteiger partial charge is 0.310 e. The third-order valence-corrected chi connectivity index (χ3v) is 4.04. The molecular weight excluding hydrogens is 375 g/mol. The molecule has 2 aromatic rings. The van der Waals surface area contributed by atoms with E-state index < -0.39 is 36.6 Å². The second kappa shape index (κ2) is 9.68. The molecule has 0 aliphatic rings. The van der Waals surface area contributed by atoms with Crippen LogP contribution in [0.3, 0.4) is 0 Å². The zero-order chi connectivity index (χ0) is 19.8. The van der Waals surface area contributed by atoms with E-state index in [1.165, 1.54) is 23.1 Å². The van der Waals surface area contributed by atoms with Crippen molar-refractivity contribution in [3.8, 4) is 0 Å². The summed E-state index contributed by atoms with van der Waals surface area (Å²) in [7, 11) is 0. The second-order valence-electron chi connectivity index (χ2n) is 5.63. The Kier molecular flexibility index (Phi) is 7.31. The molecule has 0 heterocycles. The van der Waals surface area contributed by atoms with Gasteiger partial charge in [0.05, 0.1) is 6.42 Å². The molecule has 0 aromatic heterocycles. The van der Waals surface area contributed by atoms with E-state index >= 15 is 0 Å². The number of ether oxygens (including phenoxy) is 1. The SMILES string of the molecule is NC(=O)CCN(C(=O)COC(=O)Cc1c(F)cccc1Cl)c1ccccc1. The summed E-state index contributed by atoms with van der Waals surface area (Å²) in [5.74, 6) is -2.51. The first-order valence-corrected chi connectivity index (χ1v) is 8.48. The van der Waals surface area contributed by atoms with Gasteiger partial charge in [-0.2, -0.15) is 0 Å². The summed E-state index contributed by atoms with van der Waals surface area (Å²) in [6.07, 6.45) is -0.440. The molecule has 2 rings (SSSR count). The van der Waals surface area contributed by atoms with Crippen molar-refractivity contribution in [2.45, 2.75) is 12.8 Å². The normalized spacial score (nSPS) is 10.3. The molecule has 6 nitrogen and oxygen atoms in total. The van der Waals surface area contributed by atoms with Crippen molar-refractivity contribution in [3.63, 3.8) is 0 Å².